The maximum Gasteiger partial charge on any atom is 0.233 e. The zero-order valence-corrected chi connectivity index (χ0v) is 16.6. The summed E-state index contributed by atoms with van der Waals surface area (Å²) in [5, 5.41) is 24.1. The van der Waals surface area contributed by atoms with Crippen molar-refractivity contribution in [3.05, 3.63) is 36.1 Å². The first kappa shape index (κ1) is 24.2. The summed E-state index contributed by atoms with van der Waals surface area (Å²) in [4.78, 5) is 18.6. The Kier molecular flexibility index (Phi) is 12.5. The predicted molar refractivity (Wildman–Crippen MR) is 107 cm³/mol. The third-order valence-electron chi connectivity index (χ3n) is 4.09. The van der Waals surface area contributed by atoms with Crippen LogP contribution in [0.25, 0.3) is 0 Å². The Balaban J connectivity index is 5.23. The number of likely N-dealkylation sites (N-methyl/N-ethyl adjacent to an activating group) is 1. The number of carbonyl (C=O) groups excluding carboxylic acids is 1. The summed E-state index contributed by atoms with van der Waals surface area (Å²) < 4.78 is 0. The number of carbonyl (C=O) groups is 1. The third-order valence-corrected chi connectivity index (χ3v) is 4.09. The lowest BCUT2D eigenvalue weighted by Crippen LogP contribution is -2.53. The van der Waals surface area contributed by atoms with E-state index in [1.165, 1.54) is 0 Å². The first-order valence-corrected chi connectivity index (χ1v) is 8.79. The van der Waals surface area contributed by atoms with Crippen LogP contribution in [0.15, 0.2) is 41.1 Å². The van der Waals surface area contributed by atoms with Crippen LogP contribution in [0.3, 0.4) is 0 Å². The Labute approximate surface area is 157 Å². The average Bonchev–Trinajstić information content (AvgIpc) is 2.61. The van der Waals surface area contributed by atoms with E-state index in [4.69, 9.17) is 5.11 Å². The van der Waals surface area contributed by atoms with Gasteiger partial charge < -0.3 is 20.8 Å². The molecule has 1 amide bonds. The Bertz CT molecular complexity index is 537. The number of aliphatic imine (C=N–C) groups is 1. The van der Waals surface area contributed by atoms with Gasteiger partial charge in [0.05, 0.1) is 18.7 Å². The van der Waals surface area contributed by atoms with E-state index in [1.807, 2.05) is 32.6 Å². The molecule has 0 saturated heterocycles. The average molecular weight is 367 g/mol. The van der Waals surface area contributed by atoms with E-state index in [0.717, 1.165) is 11.1 Å². The van der Waals surface area contributed by atoms with E-state index in [-0.39, 0.29) is 25.4 Å². The van der Waals surface area contributed by atoms with Crippen molar-refractivity contribution >= 4 is 11.6 Å². The van der Waals surface area contributed by atoms with Crippen molar-refractivity contribution in [3.63, 3.8) is 0 Å². The highest BCUT2D eigenvalue weighted by molar-refractivity contribution is 6.01. The Hall–Kier alpha value is -1.80. The fraction of sp³-hybridized carbons (Fsp3) is 0.579. The van der Waals surface area contributed by atoms with Gasteiger partial charge in [-0.2, -0.15) is 0 Å². The van der Waals surface area contributed by atoms with E-state index in [9.17, 15) is 9.90 Å². The van der Waals surface area contributed by atoms with Crippen molar-refractivity contribution in [1.29, 1.82) is 0 Å². The van der Waals surface area contributed by atoms with Gasteiger partial charge in [0.15, 0.2) is 0 Å². The molecule has 7 nitrogen and oxygen atoms in total. The van der Waals surface area contributed by atoms with Crippen LogP contribution >= 0.6 is 0 Å². The van der Waals surface area contributed by atoms with Crippen molar-refractivity contribution in [2.24, 2.45) is 10.9 Å². The highest BCUT2D eigenvalue weighted by atomic mass is 16.3. The summed E-state index contributed by atoms with van der Waals surface area (Å²) in [6, 6.07) is 0. The zero-order chi connectivity index (χ0) is 20.1. The molecule has 7 heteroatoms. The molecule has 0 saturated carbocycles. The van der Waals surface area contributed by atoms with Crippen LogP contribution in [-0.2, 0) is 4.79 Å². The lowest BCUT2D eigenvalue weighted by atomic mass is 10.0. The van der Waals surface area contributed by atoms with Gasteiger partial charge in [0, 0.05) is 18.5 Å². The van der Waals surface area contributed by atoms with Crippen LogP contribution in [0.5, 0.6) is 0 Å². The fourth-order valence-electron chi connectivity index (χ4n) is 2.73. The van der Waals surface area contributed by atoms with Gasteiger partial charge in [-0.05, 0) is 46.0 Å². The van der Waals surface area contributed by atoms with Gasteiger partial charge in [-0.15, -0.1) is 6.58 Å². The molecule has 148 valence electrons. The second-order valence-corrected chi connectivity index (χ2v) is 5.99. The monoisotopic (exact) mass is 366 g/mol. The number of nitrogens with zero attached hydrogens (tertiary/aromatic N) is 2. The van der Waals surface area contributed by atoms with Gasteiger partial charge in [0.1, 0.15) is 6.73 Å². The van der Waals surface area contributed by atoms with E-state index in [2.05, 4.69) is 22.2 Å². The van der Waals surface area contributed by atoms with Gasteiger partial charge in [-0.25, -0.2) is 0 Å². The summed E-state index contributed by atoms with van der Waals surface area (Å²) in [7, 11) is 1.78. The highest BCUT2D eigenvalue weighted by Crippen LogP contribution is 2.12. The van der Waals surface area contributed by atoms with Gasteiger partial charge in [-0.1, -0.05) is 18.6 Å². The van der Waals surface area contributed by atoms with Crippen LogP contribution in [-0.4, -0.2) is 66.4 Å². The smallest absolute Gasteiger partial charge is 0.233 e. The number of hydrogen-bond acceptors (Lipinski definition) is 6. The minimum absolute atomic E-state index is 0.0187. The Morgan fingerprint density at radius 1 is 1.31 bits per heavy atom. The molecule has 1 unspecified atom stereocenters. The second kappa shape index (κ2) is 13.4. The van der Waals surface area contributed by atoms with Crippen molar-refractivity contribution in [2.75, 3.05) is 33.5 Å². The second-order valence-electron chi connectivity index (χ2n) is 5.99. The molecule has 0 aromatic rings. The molecule has 0 heterocycles. The topological polar surface area (TPSA) is 97.2 Å². The van der Waals surface area contributed by atoms with Crippen LogP contribution in [0.2, 0.25) is 0 Å². The molecule has 0 bridgehead atoms. The molecule has 0 aliphatic heterocycles. The summed E-state index contributed by atoms with van der Waals surface area (Å²) in [5.74, 6) is -0.685. The lowest BCUT2D eigenvalue weighted by molar-refractivity contribution is -0.125. The molecular weight excluding hydrogens is 332 g/mol. The molecule has 0 aliphatic rings. The molecule has 4 N–H and O–H groups in total. The molecule has 0 radical (unpaired) electrons. The fourth-order valence-corrected chi connectivity index (χ4v) is 2.73. The quantitative estimate of drug-likeness (QED) is 0.179. The van der Waals surface area contributed by atoms with Crippen molar-refractivity contribution in [2.45, 2.75) is 33.9 Å². The Morgan fingerprint density at radius 2 is 1.96 bits per heavy atom. The number of aliphatic hydroxyl groups excluding tert-OH is 2. The first-order valence-electron chi connectivity index (χ1n) is 8.79. The molecule has 0 fully saturated rings. The van der Waals surface area contributed by atoms with E-state index >= 15 is 0 Å². The number of allylic oxidation sites excluding steroid dienone is 3. The van der Waals surface area contributed by atoms with E-state index in [0.29, 0.717) is 18.8 Å². The maximum absolute atomic E-state index is 12.6. The van der Waals surface area contributed by atoms with Gasteiger partial charge in [0.2, 0.25) is 5.91 Å². The minimum Gasteiger partial charge on any atom is -0.395 e. The molecule has 0 aromatic carbocycles. The lowest BCUT2D eigenvalue weighted by Gasteiger charge is -2.33. The highest BCUT2D eigenvalue weighted by Gasteiger charge is 2.28. The maximum atomic E-state index is 12.6. The standard InChI is InChI=1S/C19H34N4O3/c1-7-16(18(20-6)23(8-2)11-12-24)19(26)21-10-9-17(14(3)4)15(5)22-13-25/h7,9-10,16,18,20,24-25H,1,8,11-13H2,2-6H3,(H,21,26)/b10-9+,22-15?/t16?,18-/m0/s1. The number of rotatable bonds is 12. The van der Waals surface area contributed by atoms with Crippen LogP contribution in [0, 0.1) is 5.92 Å². The van der Waals surface area contributed by atoms with Crippen molar-refractivity contribution < 1.29 is 15.0 Å². The van der Waals surface area contributed by atoms with Gasteiger partial charge >= 0.3 is 0 Å². The third kappa shape index (κ3) is 7.61. The molecule has 0 aromatic heterocycles. The largest absolute Gasteiger partial charge is 0.395 e. The SMILES string of the molecule is C=CC(C(=O)N/C=C/C(C(C)=NCO)=C(C)C)[C@@H](NC)N(CC)CCO. The van der Waals surface area contributed by atoms with Gasteiger partial charge in [-0.3, -0.25) is 14.7 Å². The summed E-state index contributed by atoms with van der Waals surface area (Å²) in [6.07, 6.45) is 4.68. The number of amides is 1. The summed E-state index contributed by atoms with van der Waals surface area (Å²) in [6.45, 7) is 12.3. The summed E-state index contributed by atoms with van der Waals surface area (Å²) in [5.41, 5.74) is 2.58. The molecule has 26 heavy (non-hydrogen) atoms. The number of nitrogens with one attached hydrogen (secondary N) is 2. The molecule has 0 rings (SSSR count). The van der Waals surface area contributed by atoms with Crippen LogP contribution in [0.1, 0.15) is 27.7 Å². The van der Waals surface area contributed by atoms with Crippen LogP contribution < -0.4 is 10.6 Å². The minimum atomic E-state index is -0.487. The van der Waals surface area contributed by atoms with E-state index in [1.54, 1.807) is 25.4 Å². The molecule has 2 atom stereocenters. The Morgan fingerprint density at radius 3 is 2.38 bits per heavy atom. The molecule has 0 spiro atoms. The van der Waals surface area contributed by atoms with Crippen LogP contribution in [0.4, 0.5) is 0 Å². The molecule has 0 aliphatic carbocycles. The summed E-state index contributed by atoms with van der Waals surface area (Å²) >= 11 is 0. The zero-order valence-electron chi connectivity index (χ0n) is 16.6. The van der Waals surface area contributed by atoms with Crippen molar-refractivity contribution in [1.82, 2.24) is 15.5 Å². The molecular formula is C19H34N4O3. The van der Waals surface area contributed by atoms with Crippen molar-refractivity contribution in [3.8, 4) is 0 Å². The normalized spacial score (nSPS) is 14.4. The number of aliphatic hydroxyl groups is 2. The van der Waals surface area contributed by atoms with E-state index < -0.39 is 5.92 Å². The number of hydrogen-bond donors (Lipinski definition) is 4. The predicted octanol–water partition coefficient (Wildman–Crippen LogP) is 1.03. The first-order chi connectivity index (χ1) is 12.4. The van der Waals surface area contributed by atoms with Gasteiger partial charge in [0.25, 0.3) is 0 Å².